The van der Waals surface area contributed by atoms with Crippen molar-refractivity contribution in [3.05, 3.63) is 69.9 Å². The van der Waals surface area contributed by atoms with Gasteiger partial charge in [-0.1, -0.05) is 30.3 Å². The standard InChI is InChI=1S/C16H15N3O2S/c1-11-13(10-18-19(11)2)16(20)21-14(15-17-8-9-22-15)12-6-4-3-5-7-12/h3-10,14H,1-2H3/t14-/m1/s1. The van der Waals surface area contributed by atoms with Gasteiger partial charge in [0.15, 0.2) is 6.10 Å². The molecule has 112 valence electrons. The highest BCUT2D eigenvalue weighted by atomic mass is 32.1. The molecule has 2 heterocycles. The monoisotopic (exact) mass is 313 g/mol. The van der Waals surface area contributed by atoms with Gasteiger partial charge in [-0.15, -0.1) is 11.3 Å². The lowest BCUT2D eigenvalue weighted by molar-refractivity contribution is 0.0376. The zero-order valence-corrected chi connectivity index (χ0v) is 13.1. The first kappa shape index (κ1) is 14.5. The fourth-order valence-electron chi connectivity index (χ4n) is 2.12. The highest BCUT2D eigenvalue weighted by Gasteiger charge is 2.24. The van der Waals surface area contributed by atoms with Crippen molar-refractivity contribution < 1.29 is 9.53 Å². The molecule has 0 amide bonds. The molecule has 0 saturated heterocycles. The van der Waals surface area contributed by atoms with Crippen molar-refractivity contribution in [3.63, 3.8) is 0 Å². The van der Waals surface area contributed by atoms with Crippen LogP contribution in [0.15, 0.2) is 48.1 Å². The Balaban J connectivity index is 1.91. The third kappa shape index (κ3) is 2.78. The number of ether oxygens (including phenoxy) is 1. The lowest BCUT2D eigenvalue weighted by Crippen LogP contribution is -2.13. The van der Waals surface area contributed by atoms with E-state index in [0.29, 0.717) is 5.56 Å². The van der Waals surface area contributed by atoms with Gasteiger partial charge in [0.05, 0.1) is 6.20 Å². The highest BCUT2D eigenvalue weighted by molar-refractivity contribution is 7.09. The average Bonchev–Trinajstić information content (AvgIpc) is 3.17. The van der Waals surface area contributed by atoms with Crippen molar-refractivity contribution in [2.24, 2.45) is 7.05 Å². The maximum Gasteiger partial charge on any atom is 0.342 e. The zero-order valence-electron chi connectivity index (χ0n) is 12.3. The second-order valence-corrected chi connectivity index (χ2v) is 5.76. The number of esters is 1. The third-order valence-corrected chi connectivity index (χ3v) is 4.28. The van der Waals surface area contributed by atoms with Crippen molar-refractivity contribution >= 4 is 17.3 Å². The smallest absolute Gasteiger partial charge is 0.342 e. The Morgan fingerprint density at radius 1 is 1.32 bits per heavy atom. The molecular weight excluding hydrogens is 298 g/mol. The summed E-state index contributed by atoms with van der Waals surface area (Å²) in [7, 11) is 1.79. The number of thiazole rings is 1. The molecule has 0 aliphatic heterocycles. The molecule has 0 unspecified atom stereocenters. The summed E-state index contributed by atoms with van der Waals surface area (Å²) in [5.41, 5.74) is 2.14. The van der Waals surface area contributed by atoms with E-state index in [1.807, 2.05) is 42.6 Å². The third-order valence-electron chi connectivity index (χ3n) is 3.46. The van der Waals surface area contributed by atoms with Crippen LogP contribution >= 0.6 is 11.3 Å². The first-order chi connectivity index (χ1) is 10.7. The van der Waals surface area contributed by atoms with Crippen molar-refractivity contribution in [1.29, 1.82) is 0 Å². The van der Waals surface area contributed by atoms with Crippen molar-refractivity contribution in [2.75, 3.05) is 0 Å². The summed E-state index contributed by atoms with van der Waals surface area (Å²) in [5.74, 6) is -0.394. The van der Waals surface area contributed by atoms with Gasteiger partial charge in [-0.25, -0.2) is 9.78 Å². The fourth-order valence-corrected chi connectivity index (χ4v) is 2.81. The number of aromatic nitrogens is 3. The number of aryl methyl sites for hydroxylation is 1. The van der Waals surface area contributed by atoms with Crippen LogP contribution in [-0.4, -0.2) is 20.7 Å². The predicted molar refractivity (Wildman–Crippen MR) is 83.8 cm³/mol. The van der Waals surface area contributed by atoms with Crippen LogP contribution in [0.25, 0.3) is 0 Å². The average molecular weight is 313 g/mol. The molecule has 0 saturated carbocycles. The summed E-state index contributed by atoms with van der Waals surface area (Å²) in [6.45, 7) is 1.84. The van der Waals surface area contributed by atoms with Crippen LogP contribution in [0.4, 0.5) is 0 Å². The molecule has 0 fully saturated rings. The Morgan fingerprint density at radius 2 is 2.09 bits per heavy atom. The maximum atomic E-state index is 12.5. The second-order valence-electron chi connectivity index (χ2n) is 4.83. The van der Waals surface area contributed by atoms with Gasteiger partial charge in [-0.3, -0.25) is 4.68 Å². The molecule has 0 aliphatic rings. The van der Waals surface area contributed by atoms with E-state index in [1.54, 1.807) is 17.9 Å². The van der Waals surface area contributed by atoms with E-state index in [2.05, 4.69) is 10.1 Å². The summed E-state index contributed by atoms with van der Waals surface area (Å²) >= 11 is 1.46. The van der Waals surface area contributed by atoms with E-state index in [0.717, 1.165) is 16.3 Å². The molecule has 0 aliphatic carbocycles. The first-order valence-electron chi connectivity index (χ1n) is 6.80. The van der Waals surface area contributed by atoms with Gasteiger partial charge in [0.2, 0.25) is 0 Å². The molecule has 0 spiro atoms. The van der Waals surface area contributed by atoms with Crippen LogP contribution in [0.3, 0.4) is 0 Å². The number of benzene rings is 1. The van der Waals surface area contributed by atoms with Crippen LogP contribution in [0.2, 0.25) is 0 Å². The molecule has 0 radical (unpaired) electrons. The topological polar surface area (TPSA) is 57.0 Å². The molecule has 22 heavy (non-hydrogen) atoms. The summed E-state index contributed by atoms with van der Waals surface area (Å²) in [5, 5.41) is 6.70. The minimum absolute atomic E-state index is 0.394. The van der Waals surface area contributed by atoms with E-state index in [4.69, 9.17) is 4.74 Å². The Hall–Kier alpha value is -2.47. The lowest BCUT2D eigenvalue weighted by atomic mass is 10.1. The molecular formula is C16H15N3O2S. The van der Waals surface area contributed by atoms with Crippen molar-refractivity contribution in [1.82, 2.24) is 14.8 Å². The molecule has 3 aromatic rings. The number of carbonyl (C=O) groups is 1. The summed E-state index contributed by atoms with van der Waals surface area (Å²) < 4.78 is 7.37. The second kappa shape index (κ2) is 6.11. The maximum absolute atomic E-state index is 12.5. The number of nitrogens with zero attached hydrogens (tertiary/aromatic N) is 3. The molecule has 1 atom stereocenters. The van der Waals surface area contributed by atoms with Gasteiger partial charge in [-0.05, 0) is 12.5 Å². The molecule has 3 rings (SSSR count). The van der Waals surface area contributed by atoms with Gasteiger partial charge < -0.3 is 4.74 Å². The summed E-state index contributed by atoms with van der Waals surface area (Å²) in [4.78, 5) is 16.7. The van der Waals surface area contributed by atoms with E-state index >= 15 is 0 Å². The molecule has 2 aromatic heterocycles. The van der Waals surface area contributed by atoms with Crippen molar-refractivity contribution in [2.45, 2.75) is 13.0 Å². The van der Waals surface area contributed by atoms with Gasteiger partial charge in [-0.2, -0.15) is 5.10 Å². The van der Waals surface area contributed by atoms with E-state index in [-0.39, 0.29) is 0 Å². The Morgan fingerprint density at radius 3 is 2.68 bits per heavy atom. The first-order valence-corrected chi connectivity index (χ1v) is 7.68. The van der Waals surface area contributed by atoms with Gasteiger partial charge in [0.1, 0.15) is 10.6 Å². The molecule has 5 nitrogen and oxygen atoms in total. The number of hydrogen-bond donors (Lipinski definition) is 0. The quantitative estimate of drug-likeness (QED) is 0.694. The van der Waals surface area contributed by atoms with E-state index in [1.165, 1.54) is 17.5 Å². The number of rotatable bonds is 4. The minimum atomic E-state index is -0.506. The fraction of sp³-hybridized carbons (Fsp3) is 0.188. The van der Waals surface area contributed by atoms with E-state index in [9.17, 15) is 4.79 Å². The van der Waals surface area contributed by atoms with E-state index < -0.39 is 12.1 Å². The molecule has 6 heteroatoms. The van der Waals surface area contributed by atoms with Crippen LogP contribution < -0.4 is 0 Å². The van der Waals surface area contributed by atoms with Gasteiger partial charge >= 0.3 is 5.97 Å². The highest BCUT2D eigenvalue weighted by Crippen LogP contribution is 2.28. The largest absolute Gasteiger partial charge is 0.446 e. The summed E-state index contributed by atoms with van der Waals surface area (Å²) in [6, 6.07) is 9.61. The predicted octanol–water partition coefficient (Wildman–Crippen LogP) is 3.13. The number of carbonyl (C=O) groups excluding carboxylic acids is 1. The minimum Gasteiger partial charge on any atom is -0.446 e. The Bertz CT molecular complexity index is 766. The SMILES string of the molecule is Cc1c(C(=O)O[C@H](c2ccccc2)c2nccs2)cnn1C. The van der Waals surface area contributed by atoms with Crippen LogP contribution in [0.5, 0.6) is 0 Å². The van der Waals surface area contributed by atoms with Crippen LogP contribution in [0.1, 0.15) is 32.7 Å². The molecule has 1 aromatic carbocycles. The van der Waals surface area contributed by atoms with Gasteiger partial charge in [0, 0.05) is 24.3 Å². The summed E-state index contributed by atoms with van der Waals surface area (Å²) in [6.07, 6.45) is 2.73. The zero-order chi connectivity index (χ0) is 15.5. The number of hydrogen-bond acceptors (Lipinski definition) is 5. The molecule has 0 N–H and O–H groups in total. The lowest BCUT2D eigenvalue weighted by Gasteiger charge is -2.16. The molecule has 0 bridgehead atoms. The van der Waals surface area contributed by atoms with Crippen LogP contribution in [0, 0.1) is 6.92 Å². The Kier molecular flexibility index (Phi) is 4.02. The normalized spacial score (nSPS) is 12.1. The Labute approximate surface area is 132 Å². The van der Waals surface area contributed by atoms with Crippen molar-refractivity contribution in [3.8, 4) is 0 Å². The van der Waals surface area contributed by atoms with Gasteiger partial charge in [0.25, 0.3) is 0 Å². The van der Waals surface area contributed by atoms with Crippen LogP contribution in [-0.2, 0) is 11.8 Å².